The van der Waals surface area contributed by atoms with E-state index in [2.05, 4.69) is 28.7 Å². The van der Waals surface area contributed by atoms with Gasteiger partial charge in [-0.05, 0) is 49.2 Å². The largest absolute Gasteiger partial charge is 0.491 e. The first-order valence-corrected chi connectivity index (χ1v) is 13.7. The summed E-state index contributed by atoms with van der Waals surface area (Å²) in [4.78, 5) is 17.2. The van der Waals surface area contributed by atoms with Crippen LogP contribution in [-0.4, -0.2) is 72.7 Å². The Morgan fingerprint density at radius 1 is 1.05 bits per heavy atom. The van der Waals surface area contributed by atoms with Crippen molar-refractivity contribution in [3.8, 4) is 11.4 Å². The number of hydrogen-bond donors (Lipinski definition) is 1. The third-order valence-corrected chi connectivity index (χ3v) is 7.46. The zero-order valence-corrected chi connectivity index (χ0v) is 22.5. The number of anilines is 2. The van der Waals surface area contributed by atoms with Crippen molar-refractivity contribution in [3.05, 3.63) is 65.1 Å². The molecular formula is C28H37FN6O4. The average Bonchev–Trinajstić information content (AvgIpc) is 3.60. The van der Waals surface area contributed by atoms with Crippen LogP contribution < -0.4 is 26.0 Å². The van der Waals surface area contributed by atoms with Crippen LogP contribution in [0.3, 0.4) is 0 Å². The van der Waals surface area contributed by atoms with E-state index in [1.54, 1.807) is 27.7 Å². The van der Waals surface area contributed by atoms with E-state index in [0.29, 0.717) is 37.7 Å². The molecule has 2 N–H and O–H groups in total. The van der Waals surface area contributed by atoms with Gasteiger partial charge in [0.1, 0.15) is 30.6 Å². The van der Waals surface area contributed by atoms with Gasteiger partial charge in [-0.15, -0.1) is 0 Å². The molecule has 5 rings (SSSR count). The second kappa shape index (κ2) is 12.2. The van der Waals surface area contributed by atoms with Crippen molar-refractivity contribution in [2.24, 2.45) is 5.73 Å². The molecule has 2 aromatic carbocycles. The molecule has 2 aliphatic rings. The minimum absolute atomic E-state index is 0.106. The fraction of sp³-hybridized carbons (Fsp3) is 0.500. The molecular weight excluding hydrogens is 503 g/mol. The van der Waals surface area contributed by atoms with Gasteiger partial charge in [-0.3, -0.25) is 0 Å². The predicted octanol–water partition coefficient (Wildman–Crippen LogP) is 2.94. The molecule has 2 unspecified atom stereocenters. The Labute approximate surface area is 227 Å². The van der Waals surface area contributed by atoms with E-state index in [9.17, 15) is 9.18 Å². The molecule has 2 saturated heterocycles. The van der Waals surface area contributed by atoms with Crippen LogP contribution >= 0.6 is 0 Å². The highest BCUT2D eigenvalue weighted by atomic mass is 19.1. The molecule has 0 saturated carbocycles. The molecule has 39 heavy (non-hydrogen) atoms. The summed E-state index contributed by atoms with van der Waals surface area (Å²) in [5.74, 6) is 0.146. The lowest BCUT2D eigenvalue weighted by molar-refractivity contribution is -0.0553. The zero-order valence-electron chi connectivity index (χ0n) is 22.5. The fourth-order valence-corrected chi connectivity index (χ4v) is 5.15. The lowest BCUT2D eigenvalue weighted by Crippen LogP contribution is -2.46. The summed E-state index contributed by atoms with van der Waals surface area (Å²) in [6, 6.07) is 13.0. The van der Waals surface area contributed by atoms with Crippen LogP contribution in [0.2, 0.25) is 0 Å². The van der Waals surface area contributed by atoms with Crippen molar-refractivity contribution in [1.82, 2.24) is 14.3 Å². The van der Waals surface area contributed by atoms with Gasteiger partial charge in [0, 0.05) is 44.5 Å². The third kappa shape index (κ3) is 5.95. The number of rotatable bonds is 10. The van der Waals surface area contributed by atoms with E-state index >= 15 is 0 Å². The summed E-state index contributed by atoms with van der Waals surface area (Å²) < 4.78 is 34.8. The Hall–Kier alpha value is -3.41. The minimum Gasteiger partial charge on any atom is -0.491 e. The smallest absolute Gasteiger partial charge is 0.350 e. The molecule has 3 aromatic rings. The number of nitrogens with zero attached hydrogens (tertiary/aromatic N) is 5. The molecule has 0 amide bonds. The standard InChI is InChI=1S/C28H37FN6O4/c1-3-20(4-2)35-28(36)34(19-31-35)22-7-5-21(6-8-22)32-11-13-33(14-12-32)26-10-9-23(15-25(26)29)37-17-24-18-38-27(16-30)39-24/h5-10,15,19-20,24,27H,3-4,11-14,16-18,30H2,1-2H3. The van der Waals surface area contributed by atoms with Gasteiger partial charge in [0.15, 0.2) is 6.29 Å². The summed E-state index contributed by atoms with van der Waals surface area (Å²) in [6.07, 6.45) is 2.71. The first-order valence-electron chi connectivity index (χ1n) is 13.7. The first kappa shape index (κ1) is 27.2. The molecule has 10 nitrogen and oxygen atoms in total. The van der Waals surface area contributed by atoms with E-state index < -0.39 is 6.29 Å². The highest BCUT2D eigenvalue weighted by Crippen LogP contribution is 2.27. The van der Waals surface area contributed by atoms with Crippen molar-refractivity contribution in [2.45, 2.75) is 45.1 Å². The molecule has 2 aliphatic heterocycles. The molecule has 2 atom stereocenters. The fourth-order valence-electron chi connectivity index (χ4n) is 5.15. The Balaban J connectivity index is 1.16. The van der Waals surface area contributed by atoms with Gasteiger partial charge in [-0.2, -0.15) is 5.10 Å². The summed E-state index contributed by atoms with van der Waals surface area (Å²) in [7, 11) is 0. The molecule has 0 radical (unpaired) electrons. The van der Waals surface area contributed by atoms with Gasteiger partial charge in [0.25, 0.3) is 0 Å². The van der Waals surface area contributed by atoms with Crippen molar-refractivity contribution in [1.29, 1.82) is 0 Å². The second-order valence-corrected chi connectivity index (χ2v) is 9.87. The normalized spacial score (nSPS) is 19.7. The minimum atomic E-state index is -0.400. The summed E-state index contributed by atoms with van der Waals surface area (Å²) in [6.45, 7) is 8.00. The maximum Gasteiger partial charge on any atom is 0.350 e. The lowest BCUT2D eigenvalue weighted by atomic mass is 10.2. The maximum atomic E-state index is 15.0. The molecule has 0 bridgehead atoms. The number of ether oxygens (including phenoxy) is 3. The molecule has 210 valence electrons. The Morgan fingerprint density at radius 2 is 1.74 bits per heavy atom. The van der Waals surface area contributed by atoms with Crippen LogP contribution in [0.15, 0.2) is 53.6 Å². The molecule has 0 aliphatic carbocycles. The summed E-state index contributed by atoms with van der Waals surface area (Å²) >= 11 is 0. The number of nitrogens with two attached hydrogens (primary N) is 1. The van der Waals surface area contributed by atoms with Crippen LogP contribution in [0.4, 0.5) is 15.8 Å². The zero-order chi connectivity index (χ0) is 27.4. The van der Waals surface area contributed by atoms with Gasteiger partial charge >= 0.3 is 5.69 Å². The molecule has 3 heterocycles. The van der Waals surface area contributed by atoms with Crippen LogP contribution in [0.5, 0.6) is 5.75 Å². The highest BCUT2D eigenvalue weighted by molar-refractivity contribution is 5.55. The average molecular weight is 541 g/mol. The quantitative estimate of drug-likeness (QED) is 0.419. The van der Waals surface area contributed by atoms with Gasteiger partial charge in [-0.25, -0.2) is 18.4 Å². The third-order valence-electron chi connectivity index (χ3n) is 7.46. The highest BCUT2D eigenvalue weighted by Gasteiger charge is 2.26. The maximum absolute atomic E-state index is 15.0. The number of halogens is 1. The van der Waals surface area contributed by atoms with Gasteiger partial charge < -0.3 is 29.7 Å². The van der Waals surface area contributed by atoms with Crippen molar-refractivity contribution in [3.63, 3.8) is 0 Å². The van der Waals surface area contributed by atoms with E-state index in [4.69, 9.17) is 19.9 Å². The topological polar surface area (TPSA) is 100 Å². The number of benzene rings is 2. The SMILES string of the molecule is CCC(CC)n1ncn(-c2ccc(N3CCN(c4ccc(OCC5COC(CN)O5)cc4F)CC3)cc2)c1=O. The number of piperazine rings is 1. The molecule has 11 heteroatoms. The van der Waals surface area contributed by atoms with Crippen molar-refractivity contribution in [2.75, 3.05) is 55.7 Å². The number of aromatic nitrogens is 3. The Morgan fingerprint density at radius 3 is 2.38 bits per heavy atom. The van der Waals surface area contributed by atoms with Crippen LogP contribution in [0.25, 0.3) is 5.69 Å². The van der Waals surface area contributed by atoms with Crippen LogP contribution in [0, 0.1) is 5.82 Å². The Bertz CT molecular complexity index is 1280. The second-order valence-electron chi connectivity index (χ2n) is 9.87. The molecule has 0 spiro atoms. The number of hydrogen-bond acceptors (Lipinski definition) is 8. The van der Waals surface area contributed by atoms with E-state index in [1.165, 1.54) is 6.07 Å². The van der Waals surface area contributed by atoms with Crippen LogP contribution in [-0.2, 0) is 9.47 Å². The summed E-state index contributed by atoms with van der Waals surface area (Å²) in [5.41, 5.74) is 7.84. The van der Waals surface area contributed by atoms with Crippen molar-refractivity contribution < 1.29 is 18.6 Å². The molecule has 2 fully saturated rings. The van der Waals surface area contributed by atoms with Gasteiger partial charge in [0.2, 0.25) is 0 Å². The van der Waals surface area contributed by atoms with Crippen LogP contribution in [0.1, 0.15) is 32.7 Å². The van der Waals surface area contributed by atoms with E-state index in [-0.39, 0.29) is 30.3 Å². The Kier molecular flexibility index (Phi) is 8.49. The van der Waals surface area contributed by atoms with Gasteiger partial charge in [0.05, 0.1) is 24.0 Å². The summed E-state index contributed by atoms with van der Waals surface area (Å²) in [5, 5.41) is 4.33. The van der Waals surface area contributed by atoms with Gasteiger partial charge in [-0.1, -0.05) is 13.8 Å². The monoisotopic (exact) mass is 540 g/mol. The lowest BCUT2D eigenvalue weighted by Gasteiger charge is -2.37. The molecule has 1 aromatic heterocycles. The van der Waals surface area contributed by atoms with E-state index in [0.717, 1.165) is 37.3 Å². The van der Waals surface area contributed by atoms with E-state index in [1.807, 2.05) is 24.3 Å². The predicted molar refractivity (Wildman–Crippen MR) is 147 cm³/mol. The first-order chi connectivity index (χ1) is 19.0. The van der Waals surface area contributed by atoms with Crippen molar-refractivity contribution >= 4 is 11.4 Å².